The van der Waals surface area contributed by atoms with Gasteiger partial charge in [0.1, 0.15) is 5.75 Å². The van der Waals surface area contributed by atoms with Crippen molar-refractivity contribution in [3.63, 3.8) is 0 Å². The predicted molar refractivity (Wildman–Crippen MR) is 92.1 cm³/mol. The molecule has 3 heteroatoms. The molecule has 0 aliphatic heterocycles. The molecule has 0 heterocycles. The van der Waals surface area contributed by atoms with Crippen LogP contribution in [0.2, 0.25) is 0 Å². The molecule has 0 bridgehead atoms. The lowest BCUT2D eigenvalue weighted by Crippen LogP contribution is -2.13. The third-order valence-electron chi connectivity index (χ3n) is 3.99. The van der Waals surface area contributed by atoms with E-state index in [1.807, 2.05) is 49.4 Å². The summed E-state index contributed by atoms with van der Waals surface area (Å²) in [6.07, 6.45) is 2.26. The lowest BCUT2D eigenvalue weighted by molar-refractivity contribution is -0.139. The summed E-state index contributed by atoms with van der Waals surface area (Å²) < 4.78 is 5.74. The van der Waals surface area contributed by atoms with E-state index in [1.54, 1.807) is 0 Å². The molecule has 122 valence electrons. The highest BCUT2D eigenvalue weighted by Crippen LogP contribution is 2.22. The molecule has 0 aliphatic carbocycles. The van der Waals surface area contributed by atoms with Crippen LogP contribution in [-0.4, -0.2) is 17.7 Å². The van der Waals surface area contributed by atoms with E-state index in [0.29, 0.717) is 19.4 Å². The Morgan fingerprint density at radius 2 is 1.91 bits per heavy atom. The van der Waals surface area contributed by atoms with Crippen molar-refractivity contribution >= 4 is 5.97 Å². The summed E-state index contributed by atoms with van der Waals surface area (Å²) in [4.78, 5) is 11.5. The summed E-state index contributed by atoms with van der Waals surface area (Å²) in [5.74, 6) is -0.394. The van der Waals surface area contributed by atoms with Crippen LogP contribution in [0.25, 0.3) is 0 Å². The van der Waals surface area contributed by atoms with Crippen molar-refractivity contribution in [3.05, 3.63) is 65.2 Å². The number of carboxylic acids is 1. The van der Waals surface area contributed by atoms with Gasteiger partial charge in [0, 0.05) is 0 Å². The number of rotatable bonds is 8. The molecule has 0 radical (unpaired) electrons. The molecule has 1 atom stereocenters. The van der Waals surface area contributed by atoms with Crippen LogP contribution < -0.4 is 4.74 Å². The molecular weight excluding hydrogens is 288 g/mol. The molecule has 0 aromatic heterocycles. The second-order valence-electron chi connectivity index (χ2n) is 5.79. The van der Waals surface area contributed by atoms with Crippen molar-refractivity contribution in [2.75, 3.05) is 6.61 Å². The Hall–Kier alpha value is -2.29. The average Bonchev–Trinajstić information content (AvgIpc) is 2.56. The maximum absolute atomic E-state index is 11.5. The highest BCUT2D eigenvalue weighted by atomic mass is 16.5. The van der Waals surface area contributed by atoms with Gasteiger partial charge in [-0.3, -0.25) is 4.79 Å². The summed E-state index contributed by atoms with van der Waals surface area (Å²) in [5.41, 5.74) is 3.23. The van der Waals surface area contributed by atoms with Crippen LogP contribution in [0, 0.1) is 6.92 Å². The summed E-state index contributed by atoms with van der Waals surface area (Å²) in [6.45, 7) is 4.64. The normalized spacial score (nSPS) is 11.9. The first-order valence-electron chi connectivity index (χ1n) is 8.11. The van der Waals surface area contributed by atoms with Gasteiger partial charge in [-0.1, -0.05) is 48.9 Å². The van der Waals surface area contributed by atoms with Gasteiger partial charge in [-0.15, -0.1) is 0 Å². The van der Waals surface area contributed by atoms with Crippen molar-refractivity contribution in [2.45, 2.75) is 39.0 Å². The summed E-state index contributed by atoms with van der Waals surface area (Å²) in [5, 5.41) is 9.44. The lowest BCUT2D eigenvalue weighted by atomic mass is 9.94. The number of benzene rings is 2. The second kappa shape index (κ2) is 8.37. The van der Waals surface area contributed by atoms with Crippen molar-refractivity contribution in [1.29, 1.82) is 0 Å². The van der Waals surface area contributed by atoms with E-state index in [9.17, 15) is 9.90 Å². The largest absolute Gasteiger partial charge is 0.494 e. The van der Waals surface area contributed by atoms with Gasteiger partial charge in [-0.05, 0) is 49.4 Å². The number of hydrogen-bond donors (Lipinski definition) is 1. The van der Waals surface area contributed by atoms with Crippen LogP contribution in [0.3, 0.4) is 0 Å². The molecule has 0 amide bonds. The van der Waals surface area contributed by atoms with Gasteiger partial charge in [-0.25, -0.2) is 0 Å². The smallest absolute Gasteiger partial charge is 0.310 e. The SMILES string of the molecule is CCc1cccc(OCCCC(C(=O)O)c2ccc(C)cc2)c1. The molecule has 0 saturated heterocycles. The molecule has 3 nitrogen and oxygen atoms in total. The molecule has 1 unspecified atom stereocenters. The van der Waals surface area contributed by atoms with E-state index in [0.717, 1.165) is 23.3 Å². The first-order chi connectivity index (χ1) is 11.1. The molecule has 23 heavy (non-hydrogen) atoms. The van der Waals surface area contributed by atoms with Crippen LogP contribution in [0.5, 0.6) is 5.75 Å². The van der Waals surface area contributed by atoms with E-state index >= 15 is 0 Å². The molecule has 2 rings (SSSR count). The molecule has 1 N–H and O–H groups in total. The minimum atomic E-state index is -0.776. The highest BCUT2D eigenvalue weighted by Gasteiger charge is 2.19. The van der Waals surface area contributed by atoms with Crippen LogP contribution in [0.1, 0.15) is 42.4 Å². The highest BCUT2D eigenvalue weighted by molar-refractivity contribution is 5.76. The number of aryl methyl sites for hydroxylation is 2. The summed E-state index contributed by atoms with van der Waals surface area (Å²) in [7, 11) is 0. The third-order valence-corrected chi connectivity index (χ3v) is 3.99. The third kappa shape index (κ3) is 5.13. The van der Waals surface area contributed by atoms with Crippen molar-refractivity contribution < 1.29 is 14.6 Å². The Morgan fingerprint density at radius 1 is 1.17 bits per heavy atom. The number of carbonyl (C=O) groups is 1. The number of ether oxygens (including phenoxy) is 1. The zero-order chi connectivity index (χ0) is 16.7. The lowest BCUT2D eigenvalue weighted by Gasteiger charge is -2.13. The van der Waals surface area contributed by atoms with Gasteiger partial charge in [-0.2, -0.15) is 0 Å². The number of hydrogen-bond acceptors (Lipinski definition) is 2. The van der Waals surface area contributed by atoms with Crippen molar-refractivity contribution in [1.82, 2.24) is 0 Å². The van der Waals surface area contributed by atoms with Gasteiger partial charge in [0.2, 0.25) is 0 Å². The fourth-order valence-corrected chi connectivity index (χ4v) is 2.56. The first-order valence-corrected chi connectivity index (χ1v) is 8.11. The Kier molecular flexibility index (Phi) is 6.21. The maximum Gasteiger partial charge on any atom is 0.310 e. The Morgan fingerprint density at radius 3 is 2.57 bits per heavy atom. The first kappa shape index (κ1) is 17.1. The quantitative estimate of drug-likeness (QED) is 0.725. The van der Waals surface area contributed by atoms with E-state index in [2.05, 4.69) is 13.0 Å². The fraction of sp³-hybridized carbons (Fsp3) is 0.350. The zero-order valence-electron chi connectivity index (χ0n) is 13.8. The minimum Gasteiger partial charge on any atom is -0.494 e. The standard InChI is InChI=1S/C20H24O3/c1-3-16-6-4-7-18(14-16)23-13-5-8-19(20(21)22)17-11-9-15(2)10-12-17/h4,6-7,9-12,14,19H,3,5,8,13H2,1-2H3,(H,21,22). The minimum absolute atomic E-state index is 0.471. The van der Waals surface area contributed by atoms with E-state index < -0.39 is 11.9 Å². The predicted octanol–water partition coefficient (Wildman–Crippen LogP) is 4.58. The van der Waals surface area contributed by atoms with Crippen molar-refractivity contribution in [3.8, 4) is 5.75 Å². The van der Waals surface area contributed by atoms with E-state index in [4.69, 9.17) is 4.74 Å². The van der Waals surface area contributed by atoms with E-state index in [1.165, 1.54) is 5.56 Å². The average molecular weight is 312 g/mol. The monoisotopic (exact) mass is 312 g/mol. The Labute approximate surface area is 137 Å². The Balaban J connectivity index is 1.87. The van der Waals surface area contributed by atoms with Crippen LogP contribution in [0.15, 0.2) is 48.5 Å². The Bertz CT molecular complexity index is 632. The molecule has 0 saturated carbocycles. The maximum atomic E-state index is 11.5. The molecule has 0 aliphatic rings. The summed E-state index contributed by atoms with van der Waals surface area (Å²) in [6, 6.07) is 15.8. The van der Waals surface area contributed by atoms with Gasteiger partial charge in [0.15, 0.2) is 0 Å². The number of aliphatic carboxylic acids is 1. The molecular formula is C20H24O3. The second-order valence-corrected chi connectivity index (χ2v) is 5.79. The molecule has 2 aromatic rings. The van der Waals surface area contributed by atoms with Gasteiger partial charge >= 0.3 is 5.97 Å². The van der Waals surface area contributed by atoms with Gasteiger partial charge < -0.3 is 9.84 Å². The van der Waals surface area contributed by atoms with E-state index in [-0.39, 0.29) is 0 Å². The molecule has 2 aromatic carbocycles. The van der Waals surface area contributed by atoms with Crippen LogP contribution in [-0.2, 0) is 11.2 Å². The van der Waals surface area contributed by atoms with Gasteiger partial charge in [0.25, 0.3) is 0 Å². The van der Waals surface area contributed by atoms with Crippen LogP contribution >= 0.6 is 0 Å². The molecule has 0 fully saturated rings. The fourth-order valence-electron chi connectivity index (χ4n) is 2.56. The van der Waals surface area contributed by atoms with Crippen LogP contribution in [0.4, 0.5) is 0 Å². The topological polar surface area (TPSA) is 46.5 Å². The van der Waals surface area contributed by atoms with Crippen molar-refractivity contribution in [2.24, 2.45) is 0 Å². The summed E-state index contributed by atoms with van der Waals surface area (Å²) >= 11 is 0. The zero-order valence-corrected chi connectivity index (χ0v) is 13.8. The molecule has 0 spiro atoms. The number of carboxylic acid groups (broad SMARTS) is 1. The van der Waals surface area contributed by atoms with Gasteiger partial charge in [0.05, 0.1) is 12.5 Å².